The van der Waals surface area contributed by atoms with Gasteiger partial charge in [0, 0.05) is 44.3 Å². The Balaban J connectivity index is 1.71. The molecule has 0 radical (unpaired) electrons. The average molecular weight is 307 g/mol. The number of anilines is 1. The van der Waals surface area contributed by atoms with Crippen LogP contribution in [-0.2, 0) is 17.9 Å². The third-order valence-electron chi connectivity index (χ3n) is 3.07. The van der Waals surface area contributed by atoms with E-state index in [4.69, 9.17) is 0 Å². The molecule has 0 fully saturated rings. The molecule has 2 rings (SSSR count). The predicted octanol–water partition coefficient (Wildman–Crippen LogP) is 1.89. The molecule has 0 bridgehead atoms. The second-order valence-corrected chi connectivity index (χ2v) is 5.52. The Morgan fingerprint density at radius 1 is 1.52 bits per heavy atom. The zero-order valence-electron chi connectivity index (χ0n) is 12.5. The minimum Gasteiger partial charge on any atom is -0.311 e. The number of aromatic nitrogens is 3. The summed E-state index contributed by atoms with van der Waals surface area (Å²) in [4.78, 5) is 17.6. The van der Waals surface area contributed by atoms with Gasteiger partial charge < -0.3 is 5.32 Å². The van der Waals surface area contributed by atoms with Crippen molar-refractivity contribution in [1.29, 1.82) is 0 Å². The summed E-state index contributed by atoms with van der Waals surface area (Å²) in [5.74, 6) is 0.0329. The molecule has 2 aromatic heterocycles. The van der Waals surface area contributed by atoms with Crippen molar-refractivity contribution in [2.45, 2.75) is 33.4 Å². The molecule has 0 spiro atoms. The topological polar surface area (TPSA) is 63.1 Å². The molecule has 0 aliphatic heterocycles. The quantitative estimate of drug-likeness (QED) is 0.757. The summed E-state index contributed by atoms with van der Waals surface area (Å²) in [5.41, 5.74) is 0.980. The molecule has 0 aliphatic carbocycles. The summed E-state index contributed by atoms with van der Waals surface area (Å²) >= 11 is 1.51. The molecular weight excluding hydrogens is 286 g/mol. The second-order valence-electron chi connectivity index (χ2n) is 4.68. The number of thiazole rings is 1. The van der Waals surface area contributed by atoms with Gasteiger partial charge in [-0.2, -0.15) is 5.10 Å². The number of carbonyl (C=O) groups is 1. The van der Waals surface area contributed by atoms with Crippen LogP contribution < -0.4 is 10.2 Å². The molecule has 114 valence electrons. The highest BCUT2D eigenvalue weighted by atomic mass is 32.1. The van der Waals surface area contributed by atoms with Crippen molar-refractivity contribution in [3.05, 3.63) is 29.5 Å². The van der Waals surface area contributed by atoms with Crippen LogP contribution in [0.2, 0.25) is 0 Å². The number of nitrogens with zero attached hydrogens (tertiary/aromatic N) is 4. The first kappa shape index (κ1) is 15.7. The molecule has 7 heteroatoms. The van der Waals surface area contributed by atoms with E-state index < -0.39 is 0 Å². The van der Waals surface area contributed by atoms with Gasteiger partial charge >= 0.3 is 0 Å². The van der Waals surface area contributed by atoms with Gasteiger partial charge in [0.1, 0.15) is 0 Å². The Morgan fingerprint density at radius 3 is 3.05 bits per heavy atom. The van der Waals surface area contributed by atoms with Crippen molar-refractivity contribution in [2.75, 3.05) is 18.0 Å². The molecule has 0 saturated carbocycles. The van der Waals surface area contributed by atoms with E-state index in [0.717, 1.165) is 36.9 Å². The third-order valence-corrected chi connectivity index (χ3v) is 3.99. The van der Waals surface area contributed by atoms with Crippen LogP contribution in [0.4, 0.5) is 5.13 Å². The molecule has 0 atom stereocenters. The van der Waals surface area contributed by atoms with Crippen LogP contribution >= 0.6 is 11.3 Å². The van der Waals surface area contributed by atoms with Crippen molar-refractivity contribution < 1.29 is 4.79 Å². The molecule has 1 N–H and O–H groups in total. The normalized spacial score (nSPS) is 10.8. The van der Waals surface area contributed by atoms with Crippen LogP contribution in [0.25, 0.3) is 0 Å². The predicted molar refractivity (Wildman–Crippen MR) is 84.4 cm³/mol. The summed E-state index contributed by atoms with van der Waals surface area (Å²) in [6, 6.07) is 1.93. The smallest absolute Gasteiger partial charge is 0.225 e. The lowest BCUT2D eigenvalue weighted by Gasteiger charge is -2.14. The summed E-state index contributed by atoms with van der Waals surface area (Å²) in [6.07, 6.45) is 4.78. The molecule has 1 amide bonds. The maximum Gasteiger partial charge on any atom is 0.225 e. The first-order valence-corrected chi connectivity index (χ1v) is 7.99. The van der Waals surface area contributed by atoms with Gasteiger partial charge in [0.2, 0.25) is 5.91 Å². The van der Waals surface area contributed by atoms with Gasteiger partial charge in [-0.05, 0) is 26.0 Å². The maximum absolute atomic E-state index is 11.5. The van der Waals surface area contributed by atoms with Gasteiger partial charge in [0.15, 0.2) is 5.13 Å². The SMILES string of the molecule is CCN(C(C)=O)c1nc(CNCCCn2cccn2)cs1. The number of aryl methyl sites for hydroxylation is 1. The third kappa shape index (κ3) is 4.64. The number of hydrogen-bond donors (Lipinski definition) is 1. The van der Waals surface area contributed by atoms with E-state index in [0.29, 0.717) is 6.54 Å². The Kier molecular flexibility index (Phi) is 5.89. The van der Waals surface area contributed by atoms with Crippen molar-refractivity contribution in [1.82, 2.24) is 20.1 Å². The first-order valence-electron chi connectivity index (χ1n) is 7.11. The fourth-order valence-electron chi connectivity index (χ4n) is 2.01. The van der Waals surface area contributed by atoms with Gasteiger partial charge in [-0.3, -0.25) is 14.4 Å². The van der Waals surface area contributed by atoms with Crippen molar-refractivity contribution in [2.24, 2.45) is 0 Å². The van der Waals surface area contributed by atoms with E-state index in [9.17, 15) is 4.79 Å². The van der Waals surface area contributed by atoms with Crippen LogP contribution in [0.5, 0.6) is 0 Å². The maximum atomic E-state index is 11.5. The number of rotatable bonds is 8. The van der Waals surface area contributed by atoms with Crippen LogP contribution in [-0.4, -0.2) is 33.8 Å². The zero-order valence-corrected chi connectivity index (χ0v) is 13.3. The number of hydrogen-bond acceptors (Lipinski definition) is 5. The minimum absolute atomic E-state index is 0.0329. The second kappa shape index (κ2) is 7.90. The van der Waals surface area contributed by atoms with Crippen LogP contribution in [0.15, 0.2) is 23.8 Å². The Bertz CT molecular complexity index is 551. The summed E-state index contributed by atoms with van der Waals surface area (Å²) in [7, 11) is 0. The van der Waals surface area contributed by atoms with E-state index in [2.05, 4.69) is 15.4 Å². The van der Waals surface area contributed by atoms with Crippen LogP contribution in [0.3, 0.4) is 0 Å². The highest BCUT2D eigenvalue weighted by molar-refractivity contribution is 7.14. The average Bonchev–Trinajstić information content (AvgIpc) is 3.11. The number of amides is 1. The molecule has 0 saturated heterocycles. The van der Waals surface area contributed by atoms with E-state index in [1.807, 2.05) is 29.2 Å². The molecule has 0 unspecified atom stereocenters. The van der Waals surface area contributed by atoms with E-state index in [-0.39, 0.29) is 5.91 Å². The molecule has 0 aromatic carbocycles. The highest BCUT2D eigenvalue weighted by Gasteiger charge is 2.12. The number of nitrogens with one attached hydrogen (secondary N) is 1. The molecule has 21 heavy (non-hydrogen) atoms. The fraction of sp³-hybridized carbons (Fsp3) is 0.500. The molecule has 2 aromatic rings. The van der Waals surface area contributed by atoms with E-state index in [1.165, 1.54) is 11.3 Å². The lowest BCUT2D eigenvalue weighted by atomic mass is 10.4. The summed E-state index contributed by atoms with van der Waals surface area (Å²) < 4.78 is 1.93. The molecule has 2 heterocycles. The molecule has 0 aliphatic rings. The van der Waals surface area contributed by atoms with Crippen molar-refractivity contribution in [3.63, 3.8) is 0 Å². The largest absolute Gasteiger partial charge is 0.311 e. The lowest BCUT2D eigenvalue weighted by molar-refractivity contribution is -0.116. The Hall–Kier alpha value is -1.73. The Morgan fingerprint density at radius 2 is 2.38 bits per heavy atom. The standard InChI is InChI=1S/C14H21N5OS/c1-3-19(12(2)20)14-17-13(11-21-14)10-15-6-4-8-18-9-5-7-16-18/h5,7,9,11,15H,3-4,6,8,10H2,1-2H3. The van der Waals surface area contributed by atoms with Gasteiger partial charge in [-0.1, -0.05) is 0 Å². The summed E-state index contributed by atoms with van der Waals surface area (Å²) in [5, 5.41) is 10.3. The van der Waals surface area contributed by atoms with Gasteiger partial charge in [-0.15, -0.1) is 11.3 Å². The molecule has 6 nitrogen and oxygen atoms in total. The number of carbonyl (C=O) groups excluding carboxylic acids is 1. The van der Waals surface area contributed by atoms with Crippen molar-refractivity contribution >= 4 is 22.4 Å². The molecular formula is C14H21N5OS. The van der Waals surface area contributed by atoms with E-state index >= 15 is 0 Å². The monoisotopic (exact) mass is 307 g/mol. The lowest BCUT2D eigenvalue weighted by Crippen LogP contribution is -2.27. The first-order chi connectivity index (χ1) is 10.2. The minimum atomic E-state index is 0.0329. The Labute approximate surface area is 128 Å². The van der Waals surface area contributed by atoms with E-state index in [1.54, 1.807) is 18.0 Å². The van der Waals surface area contributed by atoms with Gasteiger partial charge in [0.05, 0.1) is 5.69 Å². The van der Waals surface area contributed by atoms with Crippen LogP contribution in [0, 0.1) is 0 Å². The summed E-state index contributed by atoms with van der Waals surface area (Å²) in [6.45, 7) is 6.73. The highest BCUT2D eigenvalue weighted by Crippen LogP contribution is 2.20. The van der Waals surface area contributed by atoms with Gasteiger partial charge in [-0.25, -0.2) is 4.98 Å². The van der Waals surface area contributed by atoms with Crippen molar-refractivity contribution in [3.8, 4) is 0 Å². The zero-order chi connectivity index (χ0) is 15.1. The van der Waals surface area contributed by atoms with Crippen LogP contribution in [0.1, 0.15) is 26.0 Å². The fourth-order valence-corrected chi connectivity index (χ4v) is 2.94. The van der Waals surface area contributed by atoms with Gasteiger partial charge in [0.25, 0.3) is 0 Å².